The third-order valence-corrected chi connectivity index (χ3v) is 3.13. The number of hydrogen-bond acceptors (Lipinski definition) is 3. The summed E-state index contributed by atoms with van der Waals surface area (Å²) >= 11 is 4.84. The van der Waals surface area contributed by atoms with Gasteiger partial charge in [0, 0.05) is 25.2 Å². The Kier molecular flexibility index (Phi) is 3.71. The van der Waals surface area contributed by atoms with Crippen molar-refractivity contribution in [1.29, 1.82) is 0 Å². The highest BCUT2D eigenvalue weighted by atomic mass is 32.1. The number of hydrogen-bond donors (Lipinski definition) is 2. The van der Waals surface area contributed by atoms with Crippen molar-refractivity contribution in [3.05, 3.63) is 35.1 Å². The summed E-state index contributed by atoms with van der Waals surface area (Å²) < 4.78 is 13.4. The Morgan fingerprint density at radius 3 is 2.88 bits per heavy atom. The molecular formula is C12H15FN2OS. The van der Waals surface area contributed by atoms with Crippen LogP contribution in [-0.2, 0) is 6.54 Å². The molecule has 3 nitrogen and oxygen atoms in total. The van der Waals surface area contributed by atoms with Crippen molar-refractivity contribution in [1.82, 2.24) is 4.90 Å². The van der Waals surface area contributed by atoms with Crippen LogP contribution in [0.1, 0.15) is 17.5 Å². The van der Waals surface area contributed by atoms with E-state index in [0.717, 1.165) is 18.5 Å². The van der Waals surface area contributed by atoms with Crippen LogP contribution in [0, 0.1) is 5.82 Å². The number of benzene rings is 1. The Hall–Kier alpha value is -1.04. The van der Waals surface area contributed by atoms with Crippen molar-refractivity contribution in [2.75, 3.05) is 13.1 Å². The van der Waals surface area contributed by atoms with E-state index in [4.69, 9.17) is 18.0 Å². The zero-order valence-electron chi connectivity index (χ0n) is 9.40. The minimum atomic E-state index is -0.329. The lowest BCUT2D eigenvalue weighted by molar-refractivity contribution is 0.175. The van der Waals surface area contributed by atoms with Crippen LogP contribution in [0.15, 0.2) is 18.2 Å². The molecule has 0 aromatic heterocycles. The highest BCUT2D eigenvalue weighted by Gasteiger charge is 2.20. The topological polar surface area (TPSA) is 49.5 Å². The van der Waals surface area contributed by atoms with Crippen LogP contribution in [0.25, 0.3) is 0 Å². The van der Waals surface area contributed by atoms with E-state index >= 15 is 0 Å². The van der Waals surface area contributed by atoms with Crippen molar-refractivity contribution in [3.8, 4) is 0 Å². The van der Waals surface area contributed by atoms with Crippen molar-refractivity contribution in [3.63, 3.8) is 0 Å². The molecule has 1 aromatic rings. The molecule has 1 fully saturated rings. The molecule has 0 radical (unpaired) electrons. The fourth-order valence-corrected chi connectivity index (χ4v) is 2.22. The average molecular weight is 254 g/mol. The van der Waals surface area contributed by atoms with E-state index in [1.807, 2.05) is 0 Å². The fraction of sp³-hybridized carbons (Fsp3) is 0.417. The van der Waals surface area contributed by atoms with Crippen LogP contribution in [0.2, 0.25) is 0 Å². The maximum Gasteiger partial charge on any atom is 0.124 e. The largest absolute Gasteiger partial charge is 0.392 e. The second-order valence-electron chi connectivity index (χ2n) is 4.39. The predicted molar refractivity (Wildman–Crippen MR) is 68.2 cm³/mol. The van der Waals surface area contributed by atoms with Gasteiger partial charge in [-0.25, -0.2) is 4.39 Å². The van der Waals surface area contributed by atoms with Crippen LogP contribution in [-0.4, -0.2) is 34.2 Å². The molecule has 3 N–H and O–H groups in total. The van der Waals surface area contributed by atoms with E-state index in [1.54, 1.807) is 6.07 Å². The molecule has 0 bridgehead atoms. The van der Waals surface area contributed by atoms with Crippen LogP contribution in [0.3, 0.4) is 0 Å². The number of nitrogens with zero attached hydrogens (tertiary/aromatic N) is 1. The molecule has 1 atom stereocenters. The Morgan fingerprint density at radius 2 is 2.29 bits per heavy atom. The van der Waals surface area contributed by atoms with Gasteiger partial charge in [0.05, 0.1) is 6.10 Å². The lowest BCUT2D eigenvalue weighted by Gasteiger charge is -2.15. The summed E-state index contributed by atoms with van der Waals surface area (Å²) in [5.74, 6) is -0.329. The van der Waals surface area contributed by atoms with E-state index < -0.39 is 0 Å². The Balaban J connectivity index is 2.12. The van der Waals surface area contributed by atoms with E-state index in [0.29, 0.717) is 18.7 Å². The monoisotopic (exact) mass is 254 g/mol. The highest BCUT2D eigenvalue weighted by Crippen LogP contribution is 2.16. The number of aliphatic hydroxyl groups is 1. The van der Waals surface area contributed by atoms with Gasteiger partial charge in [-0.15, -0.1) is 0 Å². The maximum atomic E-state index is 13.4. The molecule has 17 heavy (non-hydrogen) atoms. The van der Waals surface area contributed by atoms with Gasteiger partial charge in [0.15, 0.2) is 0 Å². The highest BCUT2D eigenvalue weighted by molar-refractivity contribution is 7.80. The van der Waals surface area contributed by atoms with E-state index in [-0.39, 0.29) is 16.9 Å². The first-order valence-electron chi connectivity index (χ1n) is 5.54. The molecule has 1 saturated heterocycles. The number of β-amino-alcohol motifs (C(OH)–C–C–N with tert-alkyl or cyclic N) is 1. The molecule has 5 heteroatoms. The summed E-state index contributed by atoms with van der Waals surface area (Å²) in [4.78, 5) is 2.29. The number of halogens is 1. The van der Waals surface area contributed by atoms with Crippen LogP contribution in [0.4, 0.5) is 4.39 Å². The SMILES string of the molecule is NC(=S)c1cc(F)cc(CN2CCC(O)C2)c1. The first-order chi connectivity index (χ1) is 8.04. The van der Waals surface area contributed by atoms with Gasteiger partial charge in [-0.1, -0.05) is 12.2 Å². The lowest BCUT2D eigenvalue weighted by atomic mass is 10.1. The van der Waals surface area contributed by atoms with Gasteiger partial charge < -0.3 is 10.8 Å². The molecule has 2 rings (SSSR count). The van der Waals surface area contributed by atoms with E-state index in [9.17, 15) is 9.50 Å². The molecular weight excluding hydrogens is 239 g/mol. The number of rotatable bonds is 3. The van der Waals surface area contributed by atoms with Crippen molar-refractivity contribution in [2.45, 2.75) is 19.1 Å². The summed E-state index contributed by atoms with van der Waals surface area (Å²) in [7, 11) is 0. The van der Waals surface area contributed by atoms with Gasteiger partial charge in [-0.3, -0.25) is 4.90 Å². The quantitative estimate of drug-likeness (QED) is 0.791. The van der Waals surface area contributed by atoms with Gasteiger partial charge in [0.25, 0.3) is 0 Å². The predicted octanol–water partition coefficient (Wildman–Crippen LogP) is 1.03. The molecule has 1 unspecified atom stereocenters. The average Bonchev–Trinajstić information content (AvgIpc) is 2.63. The molecule has 0 spiro atoms. The van der Waals surface area contributed by atoms with Crippen molar-refractivity contribution >= 4 is 17.2 Å². The molecule has 0 saturated carbocycles. The zero-order chi connectivity index (χ0) is 12.4. The normalized spacial score (nSPS) is 20.7. The van der Waals surface area contributed by atoms with E-state index in [2.05, 4.69) is 4.90 Å². The third kappa shape index (κ3) is 3.21. The minimum Gasteiger partial charge on any atom is -0.392 e. The molecule has 1 aromatic carbocycles. The standard InChI is InChI=1S/C12H15FN2OS/c13-10-4-8(3-9(5-10)12(14)17)6-15-2-1-11(16)7-15/h3-5,11,16H,1-2,6-7H2,(H2,14,17). The van der Waals surface area contributed by atoms with Gasteiger partial charge in [-0.2, -0.15) is 0 Å². The molecule has 0 aliphatic carbocycles. The molecule has 0 amide bonds. The van der Waals surface area contributed by atoms with E-state index in [1.165, 1.54) is 12.1 Å². The number of nitrogens with two attached hydrogens (primary N) is 1. The summed E-state index contributed by atoms with van der Waals surface area (Å²) in [6.07, 6.45) is 0.510. The summed E-state index contributed by atoms with van der Waals surface area (Å²) in [5.41, 5.74) is 6.88. The fourth-order valence-electron chi connectivity index (χ4n) is 2.10. The van der Waals surface area contributed by atoms with Crippen molar-refractivity contribution in [2.24, 2.45) is 5.73 Å². The maximum absolute atomic E-state index is 13.4. The number of aliphatic hydroxyl groups excluding tert-OH is 1. The Bertz CT molecular complexity index is 439. The van der Waals surface area contributed by atoms with Crippen molar-refractivity contribution < 1.29 is 9.50 Å². The lowest BCUT2D eigenvalue weighted by Crippen LogP contribution is -2.22. The van der Waals surface area contributed by atoms with Gasteiger partial charge in [0.2, 0.25) is 0 Å². The smallest absolute Gasteiger partial charge is 0.124 e. The second-order valence-corrected chi connectivity index (χ2v) is 4.83. The summed E-state index contributed by atoms with van der Waals surface area (Å²) in [6.45, 7) is 2.09. The third-order valence-electron chi connectivity index (χ3n) is 2.90. The molecule has 1 aliphatic heterocycles. The zero-order valence-corrected chi connectivity index (χ0v) is 10.2. The number of thiocarbonyl (C=S) groups is 1. The Morgan fingerprint density at radius 1 is 1.53 bits per heavy atom. The van der Waals surface area contributed by atoms with Gasteiger partial charge >= 0.3 is 0 Å². The minimum absolute atomic E-state index is 0.201. The molecule has 1 aliphatic rings. The van der Waals surface area contributed by atoms with Gasteiger partial charge in [-0.05, 0) is 30.2 Å². The second kappa shape index (κ2) is 5.08. The summed E-state index contributed by atoms with van der Waals surface area (Å²) in [6, 6.07) is 4.62. The number of likely N-dealkylation sites (tertiary alicyclic amines) is 1. The van der Waals surface area contributed by atoms with Crippen LogP contribution >= 0.6 is 12.2 Å². The molecule has 1 heterocycles. The van der Waals surface area contributed by atoms with Crippen LogP contribution < -0.4 is 5.73 Å². The first-order valence-corrected chi connectivity index (χ1v) is 5.95. The van der Waals surface area contributed by atoms with Gasteiger partial charge in [0.1, 0.15) is 10.8 Å². The first kappa shape index (κ1) is 12.4. The Labute approximate surface area is 105 Å². The van der Waals surface area contributed by atoms with Crippen LogP contribution in [0.5, 0.6) is 0 Å². The summed E-state index contributed by atoms with van der Waals surface area (Å²) in [5, 5.41) is 9.42. The molecule has 92 valence electrons.